The van der Waals surface area contributed by atoms with E-state index < -0.39 is 6.09 Å². The van der Waals surface area contributed by atoms with Gasteiger partial charge in [0.15, 0.2) is 0 Å². The highest BCUT2D eigenvalue weighted by Gasteiger charge is 2.23. The summed E-state index contributed by atoms with van der Waals surface area (Å²) in [6.07, 6.45) is 1.67. The summed E-state index contributed by atoms with van der Waals surface area (Å²) in [6.45, 7) is 1.59. The third kappa shape index (κ3) is 4.85. The summed E-state index contributed by atoms with van der Waals surface area (Å²) < 4.78 is 6.96. The Morgan fingerprint density at radius 1 is 1.25 bits per heavy atom. The number of ether oxygens (including phenoxy) is 1. The van der Waals surface area contributed by atoms with E-state index in [9.17, 15) is 14.7 Å². The predicted octanol–water partition coefficient (Wildman–Crippen LogP) is 3.22. The zero-order valence-electron chi connectivity index (χ0n) is 17.3. The van der Waals surface area contributed by atoms with Crippen molar-refractivity contribution in [3.8, 4) is 11.8 Å². The molecule has 0 saturated carbocycles. The molecule has 0 spiro atoms. The van der Waals surface area contributed by atoms with E-state index in [0.29, 0.717) is 36.7 Å². The number of nitrogens with zero attached hydrogens (tertiary/aromatic N) is 4. The fourth-order valence-corrected chi connectivity index (χ4v) is 3.71. The molecule has 4 rings (SSSR count). The summed E-state index contributed by atoms with van der Waals surface area (Å²) in [6, 6.07) is 17.6. The van der Waals surface area contributed by atoms with E-state index in [1.165, 1.54) is 11.0 Å². The fraction of sp³-hybridized carbons (Fsp3) is 0.250. The normalized spacial score (nSPS) is 15.3. The summed E-state index contributed by atoms with van der Waals surface area (Å²) in [5.41, 5.74) is 2.77. The van der Waals surface area contributed by atoms with Crippen molar-refractivity contribution in [1.29, 1.82) is 5.26 Å². The van der Waals surface area contributed by atoms with Gasteiger partial charge >= 0.3 is 6.09 Å². The van der Waals surface area contributed by atoms with Gasteiger partial charge in [0.25, 0.3) is 0 Å². The van der Waals surface area contributed by atoms with Crippen molar-refractivity contribution in [2.45, 2.75) is 12.8 Å². The molecule has 1 atom stereocenters. The Hall–Kier alpha value is -3.96. The van der Waals surface area contributed by atoms with Crippen molar-refractivity contribution in [1.82, 2.24) is 9.78 Å². The Bertz CT molecular complexity index is 1210. The molecule has 0 bridgehead atoms. The van der Waals surface area contributed by atoms with Crippen LogP contribution < -0.4 is 10.3 Å². The molecule has 3 aromatic rings. The van der Waals surface area contributed by atoms with E-state index >= 15 is 0 Å². The molecule has 1 aromatic heterocycles. The number of hydrogen-bond acceptors (Lipinski definition) is 5. The number of anilines is 1. The smallest absolute Gasteiger partial charge is 0.411 e. The van der Waals surface area contributed by atoms with Gasteiger partial charge in [0.05, 0.1) is 23.9 Å². The first-order valence-electron chi connectivity index (χ1n) is 10.3. The highest BCUT2D eigenvalue weighted by molar-refractivity contribution is 5.86. The van der Waals surface area contributed by atoms with E-state index in [-0.39, 0.29) is 17.8 Å². The Morgan fingerprint density at radius 3 is 2.75 bits per heavy atom. The van der Waals surface area contributed by atoms with Crippen LogP contribution in [0.5, 0.6) is 0 Å². The molecule has 2 heterocycles. The van der Waals surface area contributed by atoms with Crippen LogP contribution in [0.4, 0.5) is 10.5 Å². The van der Waals surface area contributed by atoms with Crippen molar-refractivity contribution in [2.75, 3.05) is 24.7 Å². The Morgan fingerprint density at radius 2 is 2.06 bits per heavy atom. The highest BCUT2D eigenvalue weighted by Crippen LogP contribution is 2.22. The lowest BCUT2D eigenvalue weighted by Crippen LogP contribution is -2.34. The lowest BCUT2D eigenvalue weighted by Gasteiger charge is -2.22. The molecule has 0 aliphatic carbocycles. The summed E-state index contributed by atoms with van der Waals surface area (Å²) >= 11 is 0. The van der Waals surface area contributed by atoms with Crippen LogP contribution in [0.3, 0.4) is 0 Å². The molecule has 1 aliphatic heterocycles. The average Bonchev–Trinajstić information content (AvgIpc) is 3.32. The summed E-state index contributed by atoms with van der Waals surface area (Å²) in [4.78, 5) is 25.6. The number of carboxylic acid groups (broad SMARTS) is 1. The summed E-state index contributed by atoms with van der Waals surface area (Å²) in [7, 11) is 0. The quantitative estimate of drug-likeness (QED) is 0.643. The van der Waals surface area contributed by atoms with Crippen LogP contribution in [0.15, 0.2) is 65.6 Å². The molecule has 8 heteroatoms. The van der Waals surface area contributed by atoms with E-state index in [0.717, 1.165) is 17.7 Å². The minimum absolute atomic E-state index is 0.171. The zero-order chi connectivity index (χ0) is 22.5. The molecule has 32 heavy (non-hydrogen) atoms. The van der Waals surface area contributed by atoms with Crippen LogP contribution in [0.1, 0.15) is 23.2 Å². The van der Waals surface area contributed by atoms with Gasteiger partial charge in [-0.3, -0.25) is 9.69 Å². The van der Waals surface area contributed by atoms with Crippen LogP contribution in [-0.4, -0.2) is 40.7 Å². The second-order valence-electron chi connectivity index (χ2n) is 7.70. The topological polar surface area (TPSA) is 108 Å². The SMILES string of the molecule is N#Cc1ccc(-n2ccc(=O)c(Cc3cccc(N(CC4CCOC4)C(=O)O)c3)n2)cc1. The number of carbonyl (C=O) groups is 1. The molecular formula is C24H22N4O4. The fourth-order valence-electron chi connectivity index (χ4n) is 3.71. The molecule has 1 saturated heterocycles. The van der Waals surface area contributed by atoms with Gasteiger partial charge in [-0.05, 0) is 48.4 Å². The number of benzene rings is 2. The Balaban J connectivity index is 1.58. The van der Waals surface area contributed by atoms with E-state index in [1.54, 1.807) is 53.3 Å². The minimum atomic E-state index is -1.02. The molecule has 1 unspecified atom stereocenters. The standard InChI is InChI=1S/C24H22N4O4/c25-14-17-4-6-20(7-5-17)28-10-8-23(29)22(26-28)13-18-2-1-3-21(12-18)27(24(30)31)15-19-9-11-32-16-19/h1-8,10,12,19H,9,11,13,15-16H2,(H,30,31). The first-order chi connectivity index (χ1) is 15.5. The van der Waals surface area contributed by atoms with Crippen molar-refractivity contribution >= 4 is 11.8 Å². The molecule has 8 nitrogen and oxygen atoms in total. The van der Waals surface area contributed by atoms with Crippen LogP contribution in [-0.2, 0) is 11.2 Å². The van der Waals surface area contributed by atoms with Crippen LogP contribution in [0, 0.1) is 17.2 Å². The Labute approximate surface area is 184 Å². The third-order valence-corrected chi connectivity index (χ3v) is 5.43. The predicted molar refractivity (Wildman–Crippen MR) is 118 cm³/mol. The molecule has 1 N–H and O–H groups in total. The van der Waals surface area contributed by atoms with Crippen LogP contribution in [0.2, 0.25) is 0 Å². The second-order valence-corrected chi connectivity index (χ2v) is 7.70. The molecule has 2 aromatic carbocycles. The maximum Gasteiger partial charge on any atom is 0.411 e. The molecule has 0 radical (unpaired) electrons. The van der Waals surface area contributed by atoms with Crippen LogP contribution in [0.25, 0.3) is 5.69 Å². The molecule has 162 valence electrons. The van der Waals surface area contributed by atoms with Crippen molar-refractivity contribution in [2.24, 2.45) is 5.92 Å². The van der Waals surface area contributed by atoms with E-state index in [2.05, 4.69) is 11.2 Å². The number of amides is 1. The molecular weight excluding hydrogens is 408 g/mol. The van der Waals surface area contributed by atoms with Gasteiger partial charge < -0.3 is 9.84 Å². The van der Waals surface area contributed by atoms with Gasteiger partial charge in [0.1, 0.15) is 5.69 Å². The first kappa shape index (κ1) is 21.3. The van der Waals surface area contributed by atoms with Crippen molar-refractivity contribution in [3.05, 3.63) is 87.8 Å². The van der Waals surface area contributed by atoms with E-state index in [4.69, 9.17) is 10.00 Å². The third-order valence-electron chi connectivity index (χ3n) is 5.43. The highest BCUT2D eigenvalue weighted by atomic mass is 16.5. The number of aromatic nitrogens is 2. The average molecular weight is 430 g/mol. The number of nitriles is 1. The van der Waals surface area contributed by atoms with Gasteiger partial charge in [-0.1, -0.05) is 12.1 Å². The van der Waals surface area contributed by atoms with Crippen LogP contribution >= 0.6 is 0 Å². The van der Waals surface area contributed by atoms with Gasteiger partial charge in [-0.15, -0.1) is 0 Å². The molecule has 1 fully saturated rings. The van der Waals surface area contributed by atoms with Gasteiger partial charge in [0, 0.05) is 43.4 Å². The van der Waals surface area contributed by atoms with Gasteiger partial charge in [-0.2, -0.15) is 10.4 Å². The maximum atomic E-state index is 12.4. The largest absolute Gasteiger partial charge is 0.465 e. The summed E-state index contributed by atoms with van der Waals surface area (Å²) in [5, 5.41) is 23.1. The van der Waals surface area contributed by atoms with Gasteiger partial charge in [-0.25, -0.2) is 9.48 Å². The first-order valence-corrected chi connectivity index (χ1v) is 10.3. The molecule has 1 amide bonds. The zero-order valence-corrected chi connectivity index (χ0v) is 17.3. The minimum Gasteiger partial charge on any atom is -0.465 e. The van der Waals surface area contributed by atoms with Crippen molar-refractivity contribution < 1.29 is 14.6 Å². The Kier molecular flexibility index (Phi) is 6.29. The maximum absolute atomic E-state index is 12.4. The number of rotatable bonds is 6. The second kappa shape index (κ2) is 9.45. The number of hydrogen-bond donors (Lipinski definition) is 1. The molecule has 1 aliphatic rings. The lowest BCUT2D eigenvalue weighted by molar-refractivity contribution is 0.183. The van der Waals surface area contributed by atoms with E-state index in [1.807, 2.05) is 6.07 Å². The van der Waals surface area contributed by atoms with Gasteiger partial charge in [0.2, 0.25) is 5.43 Å². The van der Waals surface area contributed by atoms with Crippen molar-refractivity contribution in [3.63, 3.8) is 0 Å². The monoisotopic (exact) mass is 430 g/mol. The lowest BCUT2D eigenvalue weighted by atomic mass is 10.1. The summed E-state index contributed by atoms with van der Waals surface area (Å²) in [5.74, 6) is 0.171.